The van der Waals surface area contributed by atoms with Gasteiger partial charge in [-0.15, -0.1) is 0 Å². The van der Waals surface area contributed by atoms with E-state index in [0.29, 0.717) is 12.0 Å². The Bertz CT molecular complexity index is 325. The van der Waals surface area contributed by atoms with Crippen LogP contribution in [0.15, 0.2) is 0 Å². The van der Waals surface area contributed by atoms with Gasteiger partial charge in [-0.25, -0.2) is 0 Å². The minimum atomic E-state index is 0.254. The van der Waals surface area contributed by atoms with Gasteiger partial charge in [0.2, 0.25) is 5.91 Å². The van der Waals surface area contributed by atoms with Crippen LogP contribution in [-0.4, -0.2) is 49.6 Å². The fourth-order valence-electron chi connectivity index (χ4n) is 3.38. The second kappa shape index (κ2) is 12.7. The summed E-state index contributed by atoms with van der Waals surface area (Å²) in [5, 5.41) is 6.55. The van der Waals surface area contributed by atoms with Crippen molar-refractivity contribution in [1.29, 1.82) is 0 Å². The average molecular weight is 340 g/mol. The molecule has 24 heavy (non-hydrogen) atoms. The number of unbranched alkanes of at least 4 members (excludes halogenated alkanes) is 5. The van der Waals surface area contributed by atoms with Crippen LogP contribution in [-0.2, 0) is 4.79 Å². The normalized spacial score (nSPS) is 15.9. The van der Waals surface area contributed by atoms with E-state index < -0.39 is 0 Å². The molecular weight excluding hydrogens is 298 g/mol. The summed E-state index contributed by atoms with van der Waals surface area (Å²) in [4.78, 5) is 14.4. The van der Waals surface area contributed by atoms with Crippen molar-refractivity contribution in [2.24, 2.45) is 11.8 Å². The van der Waals surface area contributed by atoms with Crippen LogP contribution in [0.25, 0.3) is 0 Å². The molecule has 0 spiro atoms. The number of nitrogens with zero attached hydrogens (tertiary/aromatic N) is 1. The highest BCUT2D eigenvalue weighted by atomic mass is 16.1. The Morgan fingerprint density at radius 3 is 2.12 bits per heavy atom. The Hall–Kier alpha value is -0.610. The molecule has 0 aliphatic carbocycles. The number of hydrogen-bond donors (Lipinski definition) is 2. The first-order valence-corrected chi connectivity index (χ1v) is 10.2. The highest BCUT2D eigenvalue weighted by Crippen LogP contribution is 2.19. The molecule has 0 saturated carbocycles. The number of rotatable bonds is 14. The summed E-state index contributed by atoms with van der Waals surface area (Å²) in [6, 6.07) is 0.604. The number of nitrogens with one attached hydrogen (secondary N) is 2. The van der Waals surface area contributed by atoms with E-state index >= 15 is 0 Å². The first-order chi connectivity index (χ1) is 11.5. The monoisotopic (exact) mass is 339 g/mol. The molecule has 1 saturated heterocycles. The van der Waals surface area contributed by atoms with Crippen LogP contribution in [0.1, 0.15) is 72.6 Å². The Morgan fingerprint density at radius 1 is 0.958 bits per heavy atom. The predicted octanol–water partition coefficient (Wildman–Crippen LogP) is 3.42. The maximum atomic E-state index is 11.9. The molecule has 4 heteroatoms. The molecule has 0 bridgehead atoms. The number of likely N-dealkylation sites (tertiary alicyclic amines) is 1. The minimum Gasteiger partial charge on any atom is -0.356 e. The number of hydrogen-bond acceptors (Lipinski definition) is 3. The van der Waals surface area contributed by atoms with E-state index in [2.05, 4.69) is 43.2 Å². The van der Waals surface area contributed by atoms with Crippen LogP contribution >= 0.6 is 0 Å². The number of carbonyl (C=O) groups excluding carboxylic acids is 1. The van der Waals surface area contributed by atoms with Gasteiger partial charge in [-0.05, 0) is 31.2 Å². The largest absolute Gasteiger partial charge is 0.356 e. The fraction of sp³-hybridized carbons (Fsp3) is 0.950. The Labute approximate surface area is 150 Å². The molecule has 1 fully saturated rings. The van der Waals surface area contributed by atoms with Gasteiger partial charge in [-0.2, -0.15) is 0 Å². The van der Waals surface area contributed by atoms with Gasteiger partial charge < -0.3 is 15.5 Å². The lowest BCUT2D eigenvalue weighted by Crippen LogP contribution is -2.49. The molecule has 0 radical (unpaired) electrons. The Kier molecular flexibility index (Phi) is 11.4. The van der Waals surface area contributed by atoms with Crippen molar-refractivity contribution in [1.82, 2.24) is 15.5 Å². The quantitative estimate of drug-likeness (QED) is 0.477. The molecule has 1 aliphatic heterocycles. The molecule has 0 aromatic rings. The standard InChI is InChI=1S/C20H41N3O/c1-17(2)14-23-15-19(16-23)13-20(24)22-12-10-8-6-5-7-9-11-21-18(3)4/h17-19,21H,5-16H2,1-4H3,(H,22,24). The molecule has 0 aromatic heterocycles. The van der Waals surface area contributed by atoms with E-state index in [4.69, 9.17) is 0 Å². The third-order valence-corrected chi connectivity index (χ3v) is 4.61. The SMILES string of the molecule is CC(C)CN1CC(CC(=O)NCCCCCCCCNC(C)C)C1. The van der Waals surface area contributed by atoms with Gasteiger partial charge in [0.1, 0.15) is 0 Å². The Balaban J connectivity index is 1.82. The summed E-state index contributed by atoms with van der Waals surface area (Å²) >= 11 is 0. The maximum absolute atomic E-state index is 11.9. The summed E-state index contributed by atoms with van der Waals surface area (Å²) < 4.78 is 0. The van der Waals surface area contributed by atoms with Gasteiger partial charge >= 0.3 is 0 Å². The second-order valence-electron chi connectivity index (χ2n) is 8.26. The third kappa shape index (κ3) is 11.0. The maximum Gasteiger partial charge on any atom is 0.220 e. The van der Waals surface area contributed by atoms with Gasteiger partial charge in [0.15, 0.2) is 0 Å². The lowest BCUT2D eigenvalue weighted by molar-refractivity contribution is -0.123. The molecule has 1 amide bonds. The number of amides is 1. The van der Waals surface area contributed by atoms with E-state index in [-0.39, 0.29) is 5.91 Å². The van der Waals surface area contributed by atoms with Crippen molar-refractivity contribution in [2.75, 3.05) is 32.7 Å². The molecule has 0 aromatic carbocycles. The summed E-state index contributed by atoms with van der Waals surface area (Å²) in [6.45, 7) is 14.3. The van der Waals surface area contributed by atoms with E-state index in [1.807, 2.05) is 0 Å². The van der Waals surface area contributed by atoms with Gasteiger partial charge in [0, 0.05) is 38.6 Å². The molecule has 1 heterocycles. The van der Waals surface area contributed by atoms with Gasteiger partial charge in [-0.3, -0.25) is 4.79 Å². The average Bonchev–Trinajstić information content (AvgIpc) is 2.46. The molecule has 2 N–H and O–H groups in total. The smallest absolute Gasteiger partial charge is 0.220 e. The minimum absolute atomic E-state index is 0.254. The van der Waals surface area contributed by atoms with Crippen molar-refractivity contribution in [3.8, 4) is 0 Å². The lowest BCUT2D eigenvalue weighted by Gasteiger charge is -2.40. The van der Waals surface area contributed by atoms with Crippen molar-refractivity contribution in [3.05, 3.63) is 0 Å². The molecule has 1 rings (SSSR count). The zero-order valence-electron chi connectivity index (χ0n) is 16.6. The summed E-state index contributed by atoms with van der Waals surface area (Å²) in [7, 11) is 0. The van der Waals surface area contributed by atoms with E-state index in [1.54, 1.807) is 0 Å². The highest BCUT2D eigenvalue weighted by molar-refractivity contribution is 5.76. The van der Waals surface area contributed by atoms with Crippen LogP contribution in [0, 0.1) is 11.8 Å². The van der Waals surface area contributed by atoms with Crippen LogP contribution in [0.4, 0.5) is 0 Å². The molecule has 142 valence electrons. The second-order valence-corrected chi connectivity index (χ2v) is 8.26. The first kappa shape index (κ1) is 21.4. The molecule has 0 unspecified atom stereocenters. The zero-order valence-corrected chi connectivity index (χ0v) is 16.6. The van der Waals surface area contributed by atoms with Gasteiger partial charge in [-0.1, -0.05) is 53.4 Å². The highest BCUT2D eigenvalue weighted by Gasteiger charge is 2.28. The topological polar surface area (TPSA) is 44.4 Å². The van der Waals surface area contributed by atoms with E-state index in [0.717, 1.165) is 44.9 Å². The van der Waals surface area contributed by atoms with Gasteiger partial charge in [0.25, 0.3) is 0 Å². The van der Waals surface area contributed by atoms with Crippen molar-refractivity contribution in [3.63, 3.8) is 0 Å². The van der Waals surface area contributed by atoms with E-state index in [9.17, 15) is 4.79 Å². The van der Waals surface area contributed by atoms with Crippen LogP contribution in [0.2, 0.25) is 0 Å². The Morgan fingerprint density at radius 2 is 1.54 bits per heavy atom. The summed E-state index contributed by atoms with van der Waals surface area (Å²) in [6.07, 6.45) is 8.30. The van der Waals surface area contributed by atoms with Crippen molar-refractivity contribution >= 4 is 5.91 Å². The lowest BCUT2D eigenvalue weighted by atomic mass is 9.95. The fourth-order valence-corrected chi connectivity index (χ4v) is 3.38. The summed E-state index contributed by atoms with van der Waals surface area (Å²) in [5.74, 6) is 1.57. The third-order valence-electron chi connectivity index (χ3n) is 4.61. The van der Waals surface area contributed by atoms with Crippen LogP contribution < -0.4 is 10.6 Å². The first-order valence-electron chi connectivity index (χ1n) is 10.2. The molecular formula is C20H41N3O. The molecule has 1 aliphatic rings. The van der Waals surface area contributed by atoms with Crippen LogP contribution in [0.5, 0.6) is 0 Å². The van der Waals surface area contributed by atoms with Crippen molar-refractivity contribution in [2.45, 2.75) is 78.7 Å². The zero-order chi connectivity index (χ0) is 17.8. The van der Waals surface area contributed by atoms with E-state index in [1.165, 1.54) is 38.6 Å². The van der Waals surface area contributed by atoms with Crippen LogP contribution in [0.3, 0.4) is 0 Å². The predicted molar refractivity (Wildman–Crippen MR) is 103 cm³/mol. The van der Waals surface area contributed by atoms with Gasteiger partial charge in [0.05, 0.1) is 0 Å². The number of carbonyl (C=O) groups is 1. The molecule has 4 nitrogen and oxygen atoms in total. The van der Waals surface area contributed by atoms with Crippen molar-refractivity contribution < 1.29 is 4.79 Å². The molecule has 0 atom stereocenters. The summed E-state index contributed by atoms with van der Waals surface area (Å²) in [5.41, 5.74) is 0.